The fourth-order valence-corrected chi connectivity index (χ4v) is 1.65. The van der Waals surface area contributed by atoms with Gasteiger partial charge in [0.2, 0.25) is 11.9 Å². The van der Waals surface area contributed by atoms with Gasteiger partial charge in [0.25, 0.3) is 5.91 Å². The first-order valence-corrected chi connectivity index (χ1v) is 6.16. The minimum Gasteiger partial charge on any atom is -0.369 e. The topological polar surface area (TPSA) is 111 Å². The van der Waals surface area contributed by atoms with Crippen LogP contribution in [0.1, 0.15) is 20.7 Å². The van der Waals surface area contributed by atoms with Crippen molar-refractivity contribution in [3.8, 4) is 0 Å². The minimum atomic E-state index is -0.518. The Balaban J connectivity index is 2.07. The molecule has 0 fully saturated rings. The molecule has 0 atom stereocenters. The summed E-state index contributed by atoms with van der Waals surface area (Å²) in [6.45, 7) is 0. The molecule has 5 N–H and O–H groups in total. The highest BCUT2D eigenvalue weighted by Crippen LogP contribution is 2.12. The highest BCUT2D eigenvalue weighted by atomic mass is 16.2. The molecule has 2 aromatic carbocycles. The normalized spacial score (nSPS) is 11.0. The van der Waals surface area contributed by atoms with Crippen molar-refractivity contribution in [1.29, 1.82) is 0 Å². The summed E-state index contributed by atoms with van der Waals surface area (Å²) in [6.07, 6.45) is 0. The molecule has 2 amide bonds. The Hall–Kier alpha value is -3.15. The lowest BCUT2D eigenvalue weighted by atomic mass is 10.2. The summed E-state index contributed by atoms with van der Waals surface area (Å²) in [7, 11) is 0. The third-order valence-corrected chi connectivity index (χ3v) is 2.68. The molecule has 0 unspecified atom stereocenters. The van der Waals surface area contributed by atoms with E-state index in [9.17, 15) is 9.59 Å². The summed E-state index contributed by atoms with van der Waals surface area (Å²) in [6, 6.07) is 14.9. The fraction of sp³-hybridized carbons (Fsp3) is 0. The molecule has 0 bridgehead atoms. The number of nitrogens with two attached hydrogens (primary N) is 2. The summed E-state index contributed by atoms with van der Waals surface area (Å²) < 4.78 is 0. The van der Waals surface area contributed by atoms with Gasteiger partial charge in [-0.15, -0.1) is 0 Å². The molecule has 0 aliphatic rings. The number of carbonyl (C=O) groups excluding carboxylic acids is 2. The van der Waals surface area contributed by atoms with E-state index in [1.165, 1.54) is 12.1 Å². The molecular weight excluding hydrogens is 268 g/mol. The summed E-state index contributed by atoms with van der Waals surface area (Å²) >= 11 is 0. The smallest absolute Gasteiger partial charge is 0.257 e. The van der Waals surface area contributed by atoms with E-state index < -0.39 is 5.91 Å². The molecule has 0 spiro atoms. The maximum absolute atomic E-state index is 11.9. The van der Waals surface area contributed by atoms with E-state index in [-0.39, 0.29) is 11.9 Å². The Morgan fingerprint density at radius 1 is 0.857 bits per heavy atom. The highest BCUT2D eigenvalue weighted by molar-refractivity contribution is 6.05. The van der Waals surface area contributed by atoms with Gasteiger partial charge < -0.3 is 11.5 Å². The van der Waals surface area contributed by atoms with E-state index in [1.54, 1.807) is 36.4 Å². The Kier molecular flexibility index (Phi) is 4.30. The predicted molar refractivity (Wildman–Crippen MR) is 80.2 cm³/mol. The Bertz CT molecular complexity index is 679. The van der Waals surface area contributed by atoms with Crippen LogP contribution in [0.25, 0.3) is 0 Å². The van der Waals surface area contributed by atoms with E-state index in [4.69, 9.17) is 11.5 Å². The monoisotopic (exact) mass is 282 g/mol. The molecule has 106 valence electrons. The number of nitrogens with one attached hydrogen (secondary N) is 1. The number of guanidine groups is 1. The number of primary amides is 1. The van der Waals surface area contributed by atoms with E-state index >= 15 is 0 Å². The number of nitrogens with zero attached hydrogens (tertiary/aromatic N) is 1. The van der Waals surface area contributed by atoms with Crippen molar-refractivity contribution >= 4 is 23.5 Å². The van der Waals surface area contributed by atoms with Gasteiger partial charge in [-0.1, -0.05) is 18.2 Å². The van der Waals surface area contributed by atoms with Gasteiger partial charge in [-0.05, 0) is 36.4 Å². The van der Waals surface area contributed by atoms with Crippen LogP contribution in [-0.2, 0) is 0 Å². The fourth-order valence-electron chi connectivity index (χ4n) is 1.65. The second-order valence-corrected chi connectivity index (χ2v) is 4.23. The van der Waals surface area contributed by atoms with Crippen molar-refractivity contribution in [2.24, 2.45) is 16.5 Å². The largest absolute Gasteiger partial charge is 0.369 e. The van der Waals surface area contributed by atoms with Gasteiger partial charge in [-0.2, -0.15) is 0 Å². The van der Waals surface area contributed by atoms with Crippen LogP contribution in [0.15, 0.2) is 59.6 Å². The first-order valence-electron chi connectivity index (χ1n) is 6.16. The molecule has 0 aliphatic heterocycles. The molecule has 0 saturated carbocycles. The van der Waals surface area contributed by atoms with Crippen LogP contribution in [0.2, 0.25) is 0 Å². The van der Waals surface area contributed by atoms with Gasteiger partial charge in [0.1, 0.15) is 0 Å². The molecule has 2 aromatic rings. The Morgan fingerprint density at radius 3 is 2.05 bits per heavy atom. The maximum Gasteiger partial charge on any atom is 0.257 e. The van der Waals surface area contributed by atoms with Crippen molar-refractivity contribution < 1.29 is 9.59 Å². The molecule has 0 aliphatic carbocycles. The lowest BCUT2D eigenvalue weighted by Crippen LogP contribution is -2.36. The lowest BCUT2D eigenvalue weighted by Gasteiger charge is -2.04. The van der Waals surface area contributed by atoms with Crippen LogP contribution >= 0.6 is 0 Å². The number of rotatable bonds is 3. The van der Waals surface area contributed by atoms with E-state index in [1.807, 2.05) is 6.07 Å². The first kappa shape index (κ1) is 14.3. The van der Waals surface area contributed by atoms with Gasteiger partial charge in [0.15, 0.2) is 0 Å². The van der Waals surface area contributed by atoms with Crippen LogP contribution in [0, 0.1) is 0 Å². The minimum absolute atomic E-state index is 0.0318. The summed E-state index contributed by atoms with van der Waals surface area (Å²) in [4.78, 5) is 26.8. The van der Waals surface area contributed by atoms with Crippen LogP contribution < -0.4 is 16.8 Å². The molecule has 2 rings (SSSR count). The zero-order valence-electron chi connectivity index (χ0n) is 11.1. The number of aliphatic imine (C=N–C) groups is 1. The van der Waals surface area contributed by atoms with Gasteiger partial charge in [0.05, 0.1) is 5.69 Å². The van der Waals surface area contributed by atoms with Crippen molar-refractivity contribution in [1.82, 2.24) is 5.32 Å². The zero-order valence-corrected chi connectivity index (χ0v) is 11.1. The molecule has 6 nitrogen and oxygen atoms in total. The van der Waals surface area contributed by atoms with E-state index in [0.29, 0.717) is 16.8 Å². The van der Waals surface area contributed by atoms with Crippen LogP contribution in [-0.4, -0.2) is 17.8 Å². The molecule has 0 radical (unpaired) electrons. The van der Waals surface area contributed by atoms with Crippen LogP contribution in [0.3, 0.4) is 0 Å². The number of hydrogen-bond acceptors (Lipinski definition) is 3. The zero-order chi connectivity index (χ0) is 15.2. The van der Waals surface area contributed by atoms with Crippen LogP contribution in [0.5, 0.6) is 0 Å². The third-order valence-electron chi connectivity index (χ3n) is 2.68. The SMILES string of the molecule is NC(=O)c1ccc(N=C(N)NC(=O)c2ccccc2)cc1. The second kappa shape index (κ2) is 6.33. The maximum atomic E-state index is 11.9. The number of hydrogen-bond donors (Lipinski definition) is 3. The molecule has 0 aromatic heterocycles. The molecule has 6 heteroatoms. The summed E-state index contributed by atoms with van der Waals surface area (Å²) in [5.41, 5.74) is 12.2. The second-order valence-electron chi connectivity index (χ2n) is 4.23. The molecule has 0 saturated heterocycles. The first-order chi connectivity index (χ1) is 10.1. The average Bonchev–Trinajstić information content (AvgIpc) is 2.48. The molecular formula is C15H14N4O2. The lowest BCUT2D eigenvalue weighted by molar-refractivity contribution is 0.0974. The van der Waals surface area contributed by atoms with Crippen molar-refractivity contribution in [2.45, 2.75) is 0 Å². The number of amides is 2. The Morgan fingerprint density at radius 2 is 1.48 bits per heavy atom. The van der Waals surface area contributed by atoms with Gasteiger partial charge in [0, 0.05) is 11.1 Å². The van der Waals surface area contributed by atoms with E-state index in [0.717, 1.165) is 0 Å². The predicted octanol–water partition coefficient (Wildman–Crippen LogP) is 1.16. The highest BCUT2D eigenvalue weighted by Gasteiger charge is 2.06. The van der Waals surface area contributed by atoms with E-state index in [2.05, 4.69) is 10.3 Å². The van der Waals surface area contributed by atoms with Crippen molar-refractivity contribution in [2.75, 3.05) is 0 Å². The Labute approximate surface area is 121 Å². The quantitative estimate of drug-likeness (QED) is 0.580. The summed E-state index contributed by atoms with van der Waals surface area (Å²) in [5, 5.41) is 2.48. The number of benzene rings is 2. The third kappa shape index (κ3) is 3.90. The van der Waals surface area contributed by atoms with Gasteiger partial charge >= 0.3 is 0 Å². The van der Waals surface area contributed by atoms with Gasteiger partial charge in [-0.3, -0.25) is 14.9 Å². The van der Waals surface area contributed by atoms with Gasteiger partial charge in [-0.25, -0.2) is 4.99 Å². The standard InChI is InChI=1S/C15H14N4O2/c16-13(20)10-6-8-12(9-7-10)18-15(17)19-14(21)11-4-2-1-3-5-11/h1-9H,(H2,16,20)(H3,17,18,19,21). The number of carbonyl (C=O) groups is 2. The van der Waals surface area contributed by atoms with Crippen molar-refractivity contribution in [3.63, 3.8) is 0 Å². The molecule has 0 heterocycles. The van der Waals surface area contributed by atoms with Crippen molar-refractivity contribution in [3.05, 3.63) is 65.7 Å². The van der Waals surface area contributed by atoms with Crippen LogP contribution in [0.4, 0.5) is 5.69 Å². The summed E-state index contributed by atoms with van der Waals surface area (Å²) in [5.74, 6) is -0.892. The molecule has 21 heavy (non-hydrogen) atoms. The average molecular weight is 282 g/mol.